The molecule has 0 fully saturated rings. The highest BCUT2D eigenvalue weighted by molar-refractivity contribution is 7.12. The molecule has 106 valence electrons. The monoisotopic (exact) mass is 295 g/mol. The van der Waals surface area contributed by atoms with Gasteiger partial charge in [0.25, 0.3) is 5.69 Å². The van der Waals surface area contributed by atoms with Gasteiger partial charge in [-0.1, -0.05) is 0 Å². The van der Waals surface area contributed by atoms with E-state index in [1.807, 2.05) is 0 Å². The minimum absolute atomic E-state index is 0.0510. The van der Waals surface area contributed by atoms with Crippen LogP contribution in [0.1, 0.15) is 20.8 Å². The van der Waals surface area contributed by atoms with Crippen molar-refractivity contribution in [3.8, 4) is 0 Å². The molecular weight excluding hydrogens is 282 g/mol. The Morgan fingerprint density at radius 1 is 1.45 bits per heavy atom. The fourth-order valence-corrected chi connectivity index (χ4v) is 2.27. The molecule has 1 aromatic carbocycles. The fraction of sp³-hybridized carbons (Fsp3) is 0.333. The lowest BCUT2D eigenvalue weighted by molar-refractivity contribution is -0.384. The first-order valence-corrected chi connectivity index (χ1v) is 6.57. The third kappa shape index (κ3) is 3.21. The summed E-state index contributed by atoms with van der Waals surface area (Å²) in [5, 5.41) is 14.3. The Balaban J connectivity index is 2.28. The number of carbonyl (C=O) groups excluding carboxylic acids is 1. The Bertz CT molecular complexity index is 675. The van der Waals surface area contributed by atoms with Gasteiger partial charge in [-0.2, -0.15) is 4.37 Å². The van der Waals surface area contributed by atoms with Crippen molar-refractivity contribution in [2.75, 3.05) is 5.32 Å². The second kappa shape index (κ2) is 5.04. The van der Waals surface area contributed by atoms with Crippen molar-refractivity contribution < 1.29 is 14.5 Å². The molecule has 20 heavy (non-hydrogen) atoms. The van der Waals surface area contributed by atoms with Gasteiger partial charge in [0, 0.05) is 17.5 Å². The highest BCUT2D eigenvalue weighted by Crippen LogP contribution is 2.31. The van der Waals surface area contributed by atoms with Gasteiger partial charge < -0.3 is 4.74 Å². The van der Waals surface area contributed by atoms with Crippen molar-refractivity contribution in [3.05, 3.63) is 28.3 Å². The van der Waals surface area contributed by atoms with Crippen LogP contribution in [0, 0.1) is 10.1 Å². The molecule has 7 nitrogen and oxygen atoms in total. The number of nitrogens with zero attached hydrogens (tertiary/aromatic N) is 2. The van der Waals surface area contributed by atoms with Crippen molar-refractivity contribution >= 4 is 39.2 Å². The van der Waals surface area contributed by atoms with Crippen LogP contribution < -0.4 is 5.32 Å². The molecule has 0 unspecified atom stereocenters. The van der Waals surface area contributed by atoms with E-state index in [1.54, 1.807) is 26.8 Å². The highest BCUT2D eigenvalue weighted by atomic mass is 32.1. The number of nitrogens with one attached hydrogen (secondary N) is 1. The van der Waals surface area contributed by atoms with Crippen LogP contribution in [0.2, 0.25) is 0 Å². The number of carbonyl (C=O) groups is 1. The number of benzene rings is 1. The van der Waals surface area contributed by atoms with Gasteiger partial charge in [0.15, 0.2) is 0 Å². The minimum atomic E-state index is -0.616. The number of fused-ring (bicyclic) bond motifs is 1. The van der Waals surface area contributed by atoms with Crippen LogP contribution in [0.15, 0.2) is 18.2 Å². The molecule has 0 aliphatic rings. The van der Waals surface area contributed by atoms with Crippen LogP contribution in [0.3, 0.4) is 0 Å². The summed E-state index contributed by atoms with van der Waals surface area (Å²) in [5.41, 5.74) is -0.0760. The van der Waals surface area contributed by atoms with Crippen molar-refractivity contribution in [1.29, 1.82) is 0 Å². The van der Waals surface area contributed by atoms with Crippen molar-refractivity contribution in [2.45, 2.75) is 26.4 Å². The molecule has 0 spiro atoms. The van der Waals surface area contributed by atoms with Crippen LogP contribution in [0.25, 0.3) is 10.9 Å². The molecule has 0 saturated carbocycles. The number of amides is 1. The van der Waals surface area contributed by atoms with Crippen LogP contribution in [-0.2, 0) is 4.74 Å². The molecule has 0 saturated heterocycles. The Labute approximate surface area is 118 Å². The maximum absolute atomic E-state index is 11.7. The van der Waals surface area contributed by atoms with Crippen molar-refractivity contribution in [3.63, 3.8) is 0 Å². The third-order valence-corrected chi connectivity index (χ3v) is 3.08. The smallest absolute Gasteiger partial charge is 0.412 e. The van der Waals surface area contributed by atoms with E-state index < -0.39 is 16.6 Å². The second-order valence-electron chi connectivity index (χ2n) is 5.10. The summed E-state index contributed by atoms with van der Waals surface area (Å²) in [6.07, 6.45) is -0.616. The summed E-state index contributed by atoms with van der Waals surface area (Å²) in [6.45, 7) is 5.26. The van der Waals surface area contributed by atoms with Gasteiger partial charge in [-0.3, -0.25) is 15.4 Å². The maximum Gasteiger partial charge on any atom is 0.412 e. The number of non-ortho nitro benzene ring substituents is 1. The summed E-state index contributed by atoms with van der Waals surface area (Å²) in [4.78, 5) is 22.0. The van der Waals surface area contributed by atoms with E-state index in [0.29, 0.717) is 15.9 Å². The van der Waals surface area contributed by atoms with E-state index in [1.165, 1.54) is 12.1 Å². The molecule has 0 aliphatic carbocycles. The zero-order chi connectivity index (χ0) is 14.9. The maximum atomic E-state index is 11.7. The zero-order valence-corrected chi connectivity index (χ0v) is 12.0. The molecule has 1 aromatic heterocycles. The van der Waals surface area contributed by atoms with E-state index in [9.17, 15) is 14.9 Å². The third-order valence-electron chi connectivity index (χ3n) is 2.29. The first-order chi connectivity index (χ1) is 9.26. The Morgan fingerprint density at radius 3 is 2.75 bits per heavy atom. The normalized spacial score (nSPS) is 11.3. The first-order valence-electron chi connectivity index (χ1n) is 5.80. The summed E-state index contributed by atoms with van der Waals surface area (Å²) in [5.74, 6) is 0. The number of hydrogen-bond acceptors (Lipinski definition) is 6. The summed E-state index contributed by atoms with van der Waals surface area (Å²) in [6, 6.07) is 4.30. The standard InChI is InChI=1S/C12H13N3O4S/c1-12(2,3)19-11(16)13-10-8-6-7(15(17)18)4-5-9(8)14-20-10/h4-6H,1-3H3,(H,13,16). The number of ether oxygens (including phenoxy) is 1. The van der Waals surface area contributed by atoms with Crippen LogP contribution in [-0.4, -0.2) is 21.0 Å². The predicted molar refractivity (Wildman–Crippen MR) is 76.1 cm³/mol. The van der Waals surface area contributed by atoms with Gasteiger partial charge >= 0.3 is 6.09 Å². The lowest BCUT2D eigenvalue weighted by Gasteiger charge is -2.19. The zero-order valence-electron chi connectivity index (χ0n) is 11.2. The van der Waals surface area contributed by atoms with Crippen LogP contribution >= 0.6 is 11.5 Å². The summed E-state index contributed by atoms with van der Waals surface area (Å²) < 4.78 is 9.25. The van der Waals surface area contributed by atoms with Crippen molar-refractivity contribution in [1.82, 2.24) is 4.37 Å². The second-order valence-corrected chi connectivity index (χ2v) is 5.87. The Kier molecular flexibility index (Phi) is 3.58. The number of anilines is 1. The molecule has 2 aromatic rings. The molecule has 8 heteroatoms. The number of nitro groups is 1. The van der Waals surface area contributed by atoms with Crippen LogP contribution in [0.5, 0.6) is 0 Å². The lowest BCUT2D eigenvalue weighted by Crippen LogP contribution is -2.27. The quantitative estimate of drug-likeness (QED) is 0.675. The van der Waals surface area contributed by atoms with Gasteiger partial charge in [0.2, 0.25) is 0 Å². The van der Waals surface area contributed by atoms with Gasteiger partial charge in [-0.15, -0.1) is 0 Å². The molecular formula is C12H13N3O4S. The highest BCUT2D eigenvalue weighted by Gasteiger charge is 2.19. The van der Waals surface area contributed by atoms with Crippen LogP contribution in [0.4, 0.5) is 15.5 Å². The topological polar surface area (TPSA) is 94.4 Å². The summed E-state index contributed by atoms with van der Waals surface area (Å²) in [7, 11) is 0. The SMILES string of the molecule is CC(C)(C)OC(=O)Nc1snc2ccc([N+](=O)[O-])cc12. The molecule has 2 rings (SSSR count). The fourth-order valence-electron chi connectivity index (χ4n) is 1.53. The Morgan fingerprint density at radius 2 is 2.15 bits per heavy atom. The van der Waals surface area contributed by atoms with Crippen molar-refractivity contribution in [2.24, 2.45) is 0 Å². The molecule has 0 aliphatic heterocycles. The molecule has 1 heterocycles. The average molecular weight is 295 g/mol. The van der Waals surface area contributed by atoms with E-state index in [-0.39, 0.29) is 5.69 Å². The van der Waals surface area contributed by atoms with Gasteiger partial charge in [0.1, 0.15) is 10.6 Å². The Hall–Kier alpha value is -2.22. The molecule has 1 N–H and O–H groups in total. The van der Waals surface area contributed by atoms with Gasteiger partial charge in [-0.05, 0) is 38.4 Å². The summed E-state index contributed by atoms with van der Waals surface area (Å²) >= 11 is 1.05. The molecule has 0 bridgehead atoms. The van der Waals surface area contributed by atoms with E-state index in [2.05, 4.69) is 9.69 Å². The van der Waals surface area contributed by atoms with Gasteiger partial charge in [0.05, 0.1) is 10.4 Å². The predicted octanol–water partition coefficient (Wildman–Crippen LogP) is 3.55. The molecule has 1 amide bonds. The first kappa shape index (κ1) is 14.2. The van der Waals surface area contributed by atoms with E-state index in [4.69, 9.17) is 4.74 Å². The average Bonchev–Trinajstić information content (AvgIpc) is 2.69. The molecule has 0 atom stereocenters. The largest absolute Gasteiger partial charge is 0.444 e. The number of nitro benzene ring substituents is 1. The van der Waals surface area contributed by atoms with Gasteiger partial charge in [-0.25, -0.2) is 4.79 Å². The molecule has 0 radical (unpaired) electrons. The number of hydrogen-bond donors (Lipinski definition) is 1. The minimum Gasteiger partial charge on any atom is -0.444 e. The van der Waals surface area contributed by atoms with E-state index in [0.717, 1.165) is 11.5 Å². The number of aromatic nitrogens is 1. The lowest BCUT2D eigenvalue weighted by atomic mass is 10.2. The number of rotatable bonds is 2. The van der Waals surface area contributed by atoms with E-state index >= 15 is 0 Å².